The molecule has 1 aromatic heterocycles. The first kappa shape index (κ1) is 11.0. The van der Waals surface area contributed by atoms with Gasteiger partial charge in [-0.25, -0.2) is 4.98 Å². The minimum absolute atomic E-state index is 0.107. The Kier molecular flexibility index (Phi) is 3.65. The van der Waals surface area contributed by atoms with Crippen molar-refractivity contribution in [3.05, 3.63) is 23.9 Å². The van der Waals surface area contributed by atoms with Crippen molar-refractivity contribution in [1.29, 1.82) is 0 Å². The van der Waals surface area contributed by atoms with E-state index in [9.17, 15) is 0 Å². The van der Waals surface area contributed by atoms with Crippen molar-refractivity contribution in [2.45, 2.75) is 48.9 Å². The molecule has 0 saturated heterocycles. The molecule has 0 radical (unpaired) electrons. The average molecular weight is 222 g/mol. The second kappa shape index (κ2) is 4.99. The third-order valence-corrected chi connectivity index (χ3v) is 4.14. The molecule has 0 unspecified atom stereocenters. The van der Waals surface area contributed by atoms with Gasteiger partial charge in [0.15, 0.2) is 0 Å². The lowest BCUT2D eigenvalue weighted by Gasteiger charge is -2.10. The Bertz CT molecular complexity index is 319. The van der Waals surface area contributed by atoms with Crippen LogP contribution < -0.4 is 5.73 Å². The van der Waals surface area contributed by atoms with E-state index in [1.807, 2.05) is 30.9 Å². The molecule has 3 heteroatoms. The summed E-state index contributed by atoms with van der Waals surface area (Å²) >= 11 is 1.92. The van der Waals surface area contributed by atoms with Gasteiger partial charge in [-0.15, -0.1) is 11.8 Å². The number of aromatic nitrogens is 1. The zero-order valence-corrected chi connectivity index (χ0v) is 9.96. The first-order chi connectivity index (χ1) is 7.25. The van der Waals surface area contributed by atoms with E-state index in [0.29, 0.717) is 0 Å². The molecule has 0 aliphatic heterocycles. The molecule has 0 bridgehead atoms. The third-order valence-electron chi connectivity index (χ3n) is 2.87. The van der Waals surface area contributed by atoms with Gasteiger partial charge in [0.25, 0.3) is 0 Å². The van der Waals surface area contributed by atoms with Crippen molar-refractivity contribution >= 4 is 11.8 Å². The topological polar surface area (TPSA) is 38.9 Å². The molecule has 1 aliphatic carbocycles. The fraction of sp³-hybridized carbons (Fsp3) is 0.583. The molecule has 1 aromatic rings. The summed E-state index contributed by atoms with van der Waals surface area (Å²) in [5.74, 6) is 0. The lowest BCUT2D eigenvalue weighted by Crippen LogP contribution is -2.05. The molecule has 0 aromatic carbocycles. The number of nitrogens with zero attached hydrogens (tertiary/aromatic N) is 1. The smallest absolute Gasteiger partial charge is 0.0965 e. The van der Waals surface area contributed by atoms with Crippen LogP contribution in [0.2, 0.25) is 0 Å². The van der Waals surface area contributed by atoms with Gasteiger partial charge < -0.3 is 5.73 Å². The van der Waals surface area contributed by atoms with Crippen molar-refractivity contribution in [2.24, 2.45) is 5.73 Å². The summed E-state index contributed by atoms with van der Waals surface area (Å²) in [5.41, 5.74) is 7.04. The van der Waals surface area contributed by atoms with Gasteiger partial charge in [0.05, 0.1) is 5.03 Å². The van der Waals surface area contributed by atoms with Crippen molar-refractivity contribution < 1.29 is 0 Å². The average Bonchev–Trinajstić information content (AvgIpc) is 2.71. The summed E-state index contributed by atoms with van der Waals surface area (Å²) in [6.45, 7) is 2.01. The molecule has 0 amide bonds. The predicted molar refractivity (Wildman–Crippen MR) is 65.0 cm³/mol. The van der Waals surface area contributed by atoms with Gasteiger partial charge in [0.2, 0.25) is 0 Å². The summed E-state index contributed by atoms with van der Waals surface area (Å²) in [6.07, 6.45) is 7.31. The van der Waals surface area contributed by atoms with E-state index in [-0.39, 0.29) is 6.04 Å². The van der Waals surface area contributed by atoms with E-state index in [4.69, 9.17) is 5.73 Å². The van der Waals surface area contributed by atoms with Crippen molar-refractivity contribution in [3.63, 3.8) is 0 Å². The zero-order chi connectivity index (χ0) is 10.7. The number of hydrogen-bond donors (Lipinski definition) is 1. The molecule has 1 saturated carbocycles. The predicted octanol–water partition coefficient (Wildman–Crippen LogP) is 3.14. The van der Waals surface area contributed by atoms with Gasteiger partial charge in [0, 0.05) is 17.5 Å². The Balaban J connectivity index is 2.04. The van der Waals surface area contributed by atoms with Crippen LogP contribution in [0.15, 0.2) is 23.4 Å². The van der Waals surface area contributed by atoms with E-state index in [2.05, 4.69) is 11.1 Å². The molecular weight excluding hydrogens is 204 g/mol. The van der Waals surface area contributed by atoms with Crippen LogP contribution in [0.3, 0.4) is 0 Å². The third kappa shape index (κ3) is 2.95. The first-order valence-electron chi connectivity index (χ1n) is 5.64. The van der Waals surface area contributed by atoms with Gasteiger partial charge in [-0.3, -0.25) is 0 Å². The van der Waals surface area contributed by atoms with Crippen LogP contribution in [0.4, 0.5) is 0 Å². The van der Waals surface area contributed by atoms with Gasteiger partial charge in [-0.1, -0.05) is 12.8 Å². The first-order valence-corrected chi connectivity index (χ1v) is 6.52. The molecule has 15 heavy (non-hydrogen) atoms. The minimum atomic E-state index is 0.107. The van der Waals surface area contributed by atoms with E-state index in [1.54, 1.807) is 0 Å². The highest BCUT2D eigenvalue weighted by Crippen LogP contribution is 2.34. The standard InChI is InChI=1S/C12H18N2S/c1-9(13)10-6-7-14-12(8-10)15-11-4-2-3-5-11/h6-9,11H,2-5,13H2,1H3/t9-/m0/s1. The molecule has 0 spiro atoms. The lowest BCUT2D eigenvalue weighted by molar-refractivity contribution is 0.807. The highest BCUT2D eigenvalue weighted by atomic mass is 32.2. The number of rotatable bonds is 3. The van der Waals surface area contributed by atoms with E-state index in [1.165, 1.54) is 31.2 Å². The van der Waals surface area contributed by atoms with Gasteiger partial charge in [-0.05, 0) is 37.5 Å². The van der Waals surface area contributed by atoms with Crippen LogP contribution in [0.1, 0.15) is 44.2 Å². The summed E-state index contributed by atoms with van der Waals surface area (Å²) in [6, 6.07) is 4.24. The molecule has 1 fully saturated rings. The Morgan fingerprint density at radius 2 is 2.20 bits per heavy atom. The molecule has 2 rings (SSSR count). The minimum Gasteiger partial charge on any atom is -0.324 e. The number of hydrogen-bond acceptors (Lipinski definition) is 3. The second-order valence-electron chi connectivity index (χ2n) is 4.24. The Hall–Kier alpha value is -0.540. The lowest BCUT2D eigenvalue weighted by atomic mass is 10.1. The maximum absolute atomic E-state index is 5.85. The quantitative estimate of drug-likeness (QED) is 0.854. The van der Waals surface area contributed by atoms with Crippen LogP contribution >= 0.6 is 11.8 Å². The number of pyridine rings is 1. The monoisotopic (exact) mass is 222 g/mol. The Labute approximate surface area is 95.7 Å². The van der Waals surface area contributed by atoms with Crippen LogP contribution in [0.5, 0.6) is 0 Å². The number of thioether (sulfide) groups is 1. The van der Waals surface area contributed by atoms with Crippen LogP contribution in [0, 0.1) is 0 Å². The molecule has 1 aliphatic rings. The van der Waals surface area contributed by atoms with Gasteiger partial charge in [-0.2, -0.15) is 0 Å². The maximum atomic E-state index is 5.85. The van der Waals surface area contributed by atoms with E-state index < -0.39 is 0 Å². The molecule has 2 nitrogen and oxygen atoms in total. The Morgan fingerprint density at radius 3 is 2.87 bits per heavy atom. The van der Waals surface area contributed by atoms with Gasteiger partial charge in [0.1, 0.15) is 0 Å². The van der Waals surface area contributed by atoms with Crippen LogP contribution in [-0.2, 0) is 0 Å². The fourth-order valence-corrected chi connectivity index (χ4v) is 3.19. The summed E-state index contributed by atoms with van der Waals surface area (Å²) < 4.78 is 0. The van der Waals surface area contributed by atoms with Gasteiger partial charge >= 0.3 is 0 Å². The summed E-state index contributed by atoms with van der Waals surface area (Å²) in [4.78, 5) is 4.39. The molecule has 1 heterocycles. The van der Waals surface area contributed by atoms with Crippen molar-refractivity contribution in [3.8, 4) is 0 Å². The SMILES string of the molecule is C[C@H](N)c1ccnc(SC2CCCC2)c1. The molecule has 1 atom stereocenters. The van der Waals surface area contributed by atoms with Crippen LogP contribution in [-0.4, -0.2) is 10.2 Å². The van der Waals surface area contributed by atoms with Crippen molar-refractivity contribution in [2.75, 3.05) is 0 Å². The van der Waals surface area contributed by atoms with Crippen LogP contribution in [0.25, 0.3) is 0 Å². The number of nitrogens with two attached hydrogens (primary N) is 1. The van der Waals surface area contributed by atoms with E-state index >= 15 is 0 Å². The normalized spacial score (nSPS) is 19.3. The Morgan fingerprint density at radius 1 is 1.47 bits per heavy atom. The molecule has 82 valence electrons. The zero-order valence-electron chi connectivity index (χ0n) is 9.15. The summed E-state index contributed by atoms with van der Waals surface area (Å²) in [5, 5.41) is 1.91. The van der Waals surface area contributed by atoms with E-state index in [0.717, 1.165) is 10.3 Å². The molecule has 2 N–H and O–H groups in total. The second-order valence-corrected chi connectivity index (χ2v) is 5.56. The highest BCUT2D eigenvalue weighted by molar-refractivity contribution is 7.99. The largest absolute Gasteiger partial charge is 0.324 e. The molecular formula is C12H18N2S. The highest BCUT2D eigenvalue weighted by Gasteiger charge is 2.16. The summed E-state index contributed by atoms with van der Waals surface area (Å²) in [7, 11) is 0. The fourth-order valence-electron chi connectivity index (χ4n) is 1.95. The van der Waals surface area contributed by atoms with Crippen molar-refractivity contribution in [1.82, 2.24) is 4.98 Å². The maximum Gasteiger partial charge on any atom is 0.0965 e.